The van der Waals surface area contributed by atoms with Crippen molar-refractivity contribution < 1.29 is 14.6 Å². The summed E-state index contributed by atoms with van der Waals surface area (Å²) in [5, 5.41) is 10.3. The summed E-state index contributed by atoms with van der Waals surface area (Å²) >= 11 is 0. The molecule has 1 N–H and O–H groups in total. The lowest BCUT2D eigenvalue weighted by Crippen LogP contribution is -2.45. The van der Waals surface area contributed by atoms with E-state index in [0.29, 0.717) is 0 Å². The highest BCUT2D eigenvalue weighted by Crippen LogP contribution is 2.24. The van der Waals surface area contributed by atoms with Crippen LogP contribution in [0.5, 0.6) is 5.75 Å². The third-order valence-corrected chi connectivity index (χ3v) is 4.80. The highest BCUT2D eigenvalue weighted by Gasteiger charge is 2.19. The Morgan fingerprint density at radius 1 is 1.08 bits per heavy atom. The van der Waals surface area contributed by atoms with Crippen molar-refractivity contribution in [1.82, 2.24) is 9.80 Å². The van der Waals surface area contributed by atoms with Gasteiger partial charge in [0.05, 0.1) is 26.4 Å². The van der Waals surface area contributed by atoms with Crippen molar-refractivity contribution >= 4 is 5.57 Å². The van der Waals surface area contributed by atoms with Crippen molar-refractivity contribution in [2.24, 2.45) is 0 Å². The molecular weight excluding hydrogens is 304 g/mol. The van der Waals surface area contributed by atoms with Crippen LogP contribution in [-0.2, 0) is 4.74 Å². The molecule has 1 aromatic carbocycles. The van der Waals surface area contributed by atoms with Gasteiger partial charge in [0.15, 0.2) is 0 Å². The molecule has 1 atom stereocenters. The van der Waals surface area contributed by atoms with Crippen LogP contribution in [0.1, 0.15) is 12.0 Å². The molecule has 1 unspecified atom stereocenters. The lowest BCUT2D eigenvalue weighted by Gasteiger charge is -2.32. The van der Waals surface area contributed by atoms with Gasteiger partial charge in [-0.25, -0.2) is 0 Å². The van der Waals surface area contributed by atoms with Gasteiger partial charge in [-0.1, -0.05) is 18.2 Å². The Bertz CT molecular complexity index is 538. The van der Waals surface area contributed by atoms with Crippen LogP contribution >= 0.6 is 0 Å². The fraction of sp³-hybridized carbons (Fsp3) is 0.579. The van der Waals surface area contributed by atoms with Gasteiger partial charge in [0.2, 0.25) is 0 Å². The summed E-state index contributed by atoms with van der Waals surface area (Å²) in [5.74, 6) is 0.892. The number of methoxy groups -OCH3 is 1. The second-order valence-electron chi connectivity index (χ2n) is 6.53. The lowest BCUT2D eigenvalue weighted by molar-refractivity contribution is 0.00768. The molecular formula is C19H28N2O3. The van der Waals surface area contributed by atoms with E-state index in [9.17, 15) is 5.11 Å². The van der Waals surface area contributed by atoms with E-state index in [1.54, 1.807) is 7.11 Å². The largest absolute Gasteiger partial charge is 0.497 e. The second-order valence-corrected chi connectivity index (χ2v) is 6.53. The number of benzene rings is 1. The minimum Gasteiger partial charge on any atom is -0.497 e. The molecule has 2 aliphatic rings. The van der Waals surface area contributed by atoms with E-state index < -0.39 is 0 Å². The Morgan fingerprint density at radius 3 is 2.42 bits per heavy atom. The summed E-state index contributed by atoms with van der Waals surface area (Å²) in [5.41, 5.74) is 2.65. The van der Waals surface area contributed by atoms with E-state index in [4.69, 9.17) is 9.47 Å². The van der Waals surface area contributed by atoms with Crippen LogP contribution in [0.3, 0.4) is 0 Å². The maximum absolute atomic E-state index is 10.3. The first-order chi connectivity index (χ1) is 11.7. The molecule has 2 aliphatic heterocycles. The molecule has 3 rings (SSSR count). The molecule has 132 valence electrons. The topological polar surface area (TPSA) is 45.2 Å². The number of nitrogens with zero attached hydrogens (tertiary/aromatic N) is 2. The van der Waals surface area contributed by atoms with Gasteiger partial charge in [-0.2, -0.15) is 0 Å². The van der Waals surface area contributed by atoms with Crippen LogP contribution < -0.4 is 4.74 Å². The highest BCUT2D eigenvalue weighted by molar-refractivity contribution is 5.67. The van der Waals surface area contributed by atoms with Crippen LogP contribution in [0.2, 0.25) is 0 Å². The van der Waals surface area contributed by atoms with Crippen molar-refractivity contribution in [3.05, 3.63) is 35.9 Å². The van der Waals surface area contributed by atoms with Crippen LogP contribution in [0.25, 0.3) is 5.57 Å². The smallest absolute Gasteiger partial charge is 0.118 e. The quantitative estimate of drug-likeness (QED) is 0.855. The van der Waals surface area contributed by atoms with E-state index in [2.05, 4.69) is 28.0 Å². The van der Waals surface area contributed by atoms with Crippen molar-refractivity contribution in [3.8, 4) is 5.75 Å². The second kappa shape index (κ2) is 8.62. The number of rotatable bonds is 6. The monoisotopic (exact) mass is 332 g/mol. The van der Waals surface area contributed by atoms with E-state index in [-0.39, 0.29) is 6.10 Å². The summed E-state index contributed by atoms with van der Waals surface area (Å²) < 4.78 is 10.6. The summed E-state index contributed by atoms with van der Waals surface area (Å²) in [7, 11) is 1.69. The fourth-order valence-electron chi connectivity index (χ4n) is 3.38. The summed E-state index contributed by atoms with van der Waals surface area (Å²) in [6.45, 7) is 6.81. The van der Waals surface area contributed by atoms with Gasteiger partial charge in [0.1, 0.15) is 5.75 Å². The molecule has 0 spiro atoms. The highest BCUT2D eigenvalue weighted by atomic mass is 16.5. The van der Waals surface area contributed by atoms with Crippen LogP contribution in [0, 0.1) is 0 Å². The summed E-state index contributed by atoms with van der Waals surface area (Å²) in [6.07, 6.45) is 3.02. The van der Waals surface area contributed by atoms with E-state index >= 15 is 0 Å². The number of ether oxygens (including phenoxy) is 2. The number of aliphatic hydroxyl groups is 1. The van der Waals surface area contributed by atoms with E-state index in [1.807, 2.05) is 12.1 Å². The van der Waals surface area contributed by atoms with E-state index in [0.717, 1.165) is 64.7 Å². The fourth-order valence-corrected chi connectivity index (χ4v) is 3.38. The van der Waals surface area contributed by atoms with Gasteiger partial charge in [-0.3, -0.25) is 9.80 Å². The molecule has 1 fully saturated rings. The standard InChI is InChI=1S/C19H28N2O3/c1-23-19-4-2-16(3-5-19)17-6-8-20(9-7-17)14-18(22)15-21-10-12-24-13-11-21/h2-6,18,22H,7-15H2,1H3. The first kappa shape index (κ1) is 17.4. The third kappa shape index (κ3) is 4.80. The molecule has 0 amide bonds. The molecule has 5 nitrogen and oxygen atoms in total. The average molecular weight is 332 g/mol. The number of β-amino-alcohol motifs (C(OH)–C–C–N with tert-alkyl or cyclic N) is 1. The summed E-state index contributed by atoms with van der Waals surface area (Å²) in [6, 6.07) is 8.25. The zero-order valence-corrected chi connectivity index (χ0v) is 14.5. The van der Waals surface area contributed by atoms with Crippen molar-refractivity contribution in [2.75, 3.05) is 59.6 Å². The van der Waals surface area contributed by atoms with Gasteiger partial charge in [0, 0.05) is 39.3 Å². The Labute approximate surface area is 144 Å². The number of hydrogen-bond acceptors (Lipinski definition) is 5. The maximum atomic E-state index is 10.3. The van der Waals surface area contributed by atoms with Crippen molar-refractivity contribution in [1.29, 1.82) is 0 Å². The third-order valence-electron chi connectivity index (χ3n) is 4.80. The molecule has 1 aromatic rings. The normalized spacial score (nSPS) is 21.3. The Balaban J connectivity index is 1.47. The van der Waals surface area contributed by atoms with Gasteiger partial charge in [-0.15, -0.1) is 0 Å². The molecule has 1 saturated heterocycles. The average Bonchev–Trinajstić information content (AvgIpc) is 2.63. The molecule has 0 radical (unpaired) electrons. The zero-order valence-electron chi connectivity index (χ0n) is 14.5. The Hall–Kier alpha value is -1.40. The zero-order chi connectivity index (χ0) is 16.8. The van der Waals surface area contributed by atoms with Crippen molar-refractivity contribution in [3.63, 3.8) is 0 Å². The van der Waals surface area contributed by atoms with Crippen LogP contribution in [0.15, 0.2) is 30.3 Å². The number of hydrogen-bond donors (Lipinski definition) is 1. The van der Waals surface area contributed by atoms with Crippen molar-refractivity contribution in [2.45, 2.75) is 12.5 Å². The number of aliphatic hydroxyl groups excluding tert-OH is 1. The minimum absolute atomic E-state index is 0.293. The molecule has 0 aliphatic carbocycles. The van der Waals surface area contributed by atoms with Crippen LogP contribution in [-0.4, -0.2) is 80.6 Å². The summed E-state index contributed by atoms with van der Waals surface area (Å²) in [4.78, 5) is 4.62. The molecule has 2 heterocycles. The Morgan fingerprint density at radius 2 is 1.79 bits per heavy atom. The number of morpholine rings is 1. The maximum Gasteiger partial charge on any atom is 0.118 e. The SMILES string of the molecule is COc1ccc(C2=CCN(CC(O)CN3CCOCC3)CC2)cc1. The molecule has 24 heavy (non-hydrogen) atoms. The van der Waals surface area contributed by atoms with E-state index in [1.165, 1.54) is 11.1 Å². The molecule has 5 heteroatoms. The van der Waals surface area contributed by atoms with Gasteiger partial charge in [-0.05, 0) is 29.7 Å². The predicted octanol–water partition coefficient (Wildman–Crippen LogP) is 1.48. The molecule has 0 bridgehead atoms. The molecule has 0 saturated carbocycles. The van der Waals surface area contributed by atoms with Gasteiger partial charge < -0.3 is 14.6 Å². The van der Waals surface area contributed by atoms with Crippen LogP contribution in [0.4, 0.5) is 0 Å². The first-order valence-corrected chi connectivity index (χ1v) is 8.78. The van der Waals surface area contributed by atoms with Gasteiger partial charge >= 0.3 is 0 Å². The predicted molar refractivity (Wildman–Crippen MR) is 95.3 cm³/mol. The Kier molecular flexibility index (Phi) is 6.26. The minimum atomic E-state index is -0.293. The molecule has 0 aromatic heterocycles. The lowest BCUT2D eigenvalue weighted by atomic mass is 9.99. The first-order valence-electron chi connectivity index (χ1n) is 8.78. The van der Waals surface area contributed by atoms with Gasteiger partial charge in [0.25, 0.3) is 0 Å².